The maximum Gasteiger partial charge on any atom is 0.272 e. The first kappa shape index (κ1) is 26.8. The van der Waals surface area contributed by atoms with Crippen molar-refractivity contribution in [2.75, 3.05) is 6.54 Å². The summed E-state index contributed by atoms with van der Waals surface area (Å²) in [5.41, 5.74) is 0.651. The number of non-ortho nitro benzene ring substituents is 1. The molecule has 2 N–H and O–H groups in total. The van der Waals surface area contributed by atoms with Crippen molar-refractivity contribution in [3.8, 4) is 17.3 Å². The van der Waals surface area contributed by atoms with Crippen LogP contribution in [0.15, 0.2) is 53.4 Å². The Balaban J connectivity index is 2.17. The average Bonchev–Trinajstić information content (AvgIpc) is 3.13. The molecule has 3 aromatic rings. The molecule has 2 aromatic carbocycles. The normalized spacial score (nSPS) is 11.6. The number of para-hydroxylation sites is 1. The summed E-state index contributed by atoms with van der Waals surface area (Å²) in [5, 5.41) is 18.6. The number of rotatable bonds is 10. The third-order valence-corrected chi connectivity index (χ3v) is 6.66. The van der Waals surface area contributed by atoms with E-state index in [1.165, 1.54) is 10.7 Å². The second-order valence-corrected chi connectivity index (χ2v) is 10.6. The lowest BCUT2D eigenvalue weighted by atomic mass is 10.2. The second-order valence-electron chi connectivity index (χ2n) is 8.90. The summed E-state index contributed by atoms with van der Waals surface area (Å²) in [6.07, 6.45) is 0. The number of hydrogen-bond acceptors (Lipinski definition) is 7. The number of ether oxygens (including phenoxy) is 1. The van der Waals surface area contributed by atoms with Gasteiger partial charge in [0, 0.05) is 30.3 Å². The van der Waals surface area contributed by atoms with Gasteiger partial charge in [0.2, 0.25) is 15.9 Å². The smallest absolute Gasteiger partial charge is 0.272 e. The molecule has 1 heterocycles. The van der Waals surface area contributed by atoms with Crippen molar-refractivity contribution in [1.29, 1.82) is 0 Å². The third kappa shape index (κ3) is 6.07. The number of aromatic nitrogens is 2. The first-order valence-corrected chi connectivity index (χ1v) is 12.8. The number of amides is 1. The molecular weight excluding hydrogens is 486 g/mol. The fourth-order valence-electron chi connectivity index (χ4n) is 3.32. The molecule has 0 atom stereocenters. The molecular formula is C24H29N5O6S. The number of nitro benzene ring substituents is 1. The van der Waals surface area contributed by atoms with Crippen molar-refractivity contribution in [3.63, 3.8) is 0 Å². The van der Waals surface area contributed by atoms with Crippen LogP contribution in [0.3, 0.4) is 0 Å². The van der Waals surface area contributed by atoms with Crippen LogP contribution in [0.2, 0.25) is 0 Å². The summed E-state index contributed by atoms with van der Waals surface area (Å²) in [5.74, 6) is -0.227. The second kappa shape index (κ2) is 10.9. The van der Waals surface area contributed by atoms with E-state index < -0.39 is 37.5 Å². The number of nitrogens with zero attached hydrogens (tertiary/aromatic N) is 3. The summed E-state index contributed by atoms with van der Waals surface area (Å²) in [6, 6.07) is 11.7. The van der Waals surface area contributed by atoms with Crippen LogP contribution >= 0.6 is 0 Å². The number of sulfonamides is 1. The zero-order chi connectivity index (χ0) is 26.6. The molecule has 192 valence electrons. The molecule has 3 rings (SSSR count). The van der Waals surface area contributed by atoms with E-state index in [1.807, 2.05) is 19.9 Å². The third-order valence-electron chi connectivity index (χ3n) is 4.98. The minimum absolute atomic E-state index is 0.103. The fourth-order valence-corrected chi connectivity index (χ4v) is 4.72. The van der Waals surface area contributed by atoms with Gasteiger partial charge in [-0.1, -0.05) is 32.0 Å². The summed E-state index contributed by atoms with van der Waals surface area (Å²) in [4.78, 5) is 23.1. The Morgan fingerprint density at radius 1 is 1.14 bits per heavy atom. The average molecular weight is 516 g/mol. The largest absolute Gasteiger partial charge is 0.437 e. The van der Waals surface area contributed by atoms with Crippen LogP contribution in [-0.2, 0) is 10.0 Å². The van der Waals surface area contributed by atoms with Crippen LogP contribution in [-0.4, -0.2) is 41.6 Å². The Bertz CT molecular complexity index is 1370. The Labute approximate surface area is 209 Å². The van der Waals surface area contributed by atoms with Crippen molar-refractivity contribution in [1.82, 2.24) is 19.8 Å². The lowest BCUT2D eigenvalue weighted by Gasteiger charge is -2.15. The number of carbonyl (C=O) groups is 1. The van der Waals surface area contributed by atoms with Gasteiger partial charge < -0.3 is 10.1 Å². The summed E-state index contributed by atoms with van der Waals surface area (Å²) >= 11 is 0. The lowest BCUT2D eigenvalue weighted by Crippen LogP contribution is -2.30. The molecule has 0 bridgehead atoms. The van der Waals surface area contributed by atoms with E-state index in [2.05, 4.69) is 15.1 Å². The van der Waals surface area contributed by atoms with E-state index >= 15 is 0 Å². The van der Waals surface area contributed by atoms with Crippen molar-refractivity contribution < 1.29 is 22.9 Å². The Hall–Kier alpha value is -3.77. The zero-order valence-electron chi connectivity index (χ0n) is 20.7. The van der Waals surface area contributed by atoms with Crippen LogP contribution in [0, 0.1) is 23.0 Å². The van der Waals surface area contributed by atoms with Crippen LogP contribution in [0.4, 0.5) is 5.69 Å². The van der Waals surface area contributed by atoms with Crippen LogP contribution < -0.4 is 14.8 Å². The number of carbonyl (C=O) groups excluding carboxylic acids is 1. The molecule has 1 amide bonds. The van der Waals surface area contributed by atoms with Gasteiger partial charge in [-0.15, -0.1) is 0 Å². The monoisotopic (exact) mass is 515 g/mol. The molecule has 0 saturated carbocycles. The van der Waals surface area contributed by atoms with Crippen LogP contribution in [0.5, 0.6) is 11.6 Å². The highest BCUT2D eigenvalue weighted by molar-refractivity contribution is 7.89. The van der Waals surface area contributed by atoms with Crippen LogP contribution in [0.25, 0.3) is 5.69 Å². The first-order chi connectivity index (χ1) is 16.9. The number of benzene rings is 2. The van der Waals surface area contributed by atoms with Gasteiger partial charge >= 0.3 is 0 Å². The zero-order valence-corrected chi connectivity index (χ0v) is 21.5. The number of hydrogen-bond donors (Lipinski definition) is 2. The van der Waals surface area contributed by atoms with Crippen molar-refractivity contribution in [2.45, 2.75) is 45.6 Å². The quantitative estimate of drug-likeness (QED) is 0.307. The number of nitrogens with one attached hydrogen (secondary N) is 2. The summed E-state index contributed by atoms with van der Waals surface area (Å²) < 4.78 is 35.9. The molecule has 11 nitrogen and oxygen atoms in total. The van der Waals surface area contributed by atoms with Gasteiger partial charge in [-0.2, -0.15) is 9.78 Å². The van der Waals surface area contributed by atoms with Crippen LogP contribution in [0.1, 0.15) is 43.7 Å². The van der Waals surface area contributed by atoms with Gasteiger partial charge in [-0.3, -0.25) is 14.9 Å². The van der Waals surface area contributed by atoms with Crippen molar-refractivity contribution >= 4 is 21.6 Å². The maximum absolute atomic E-state index is 13.0. The Kier molecular flexibility index (Phi) is 8.10. The van der Waals surface area contributed by atoms with Gasteiger partial charge in [0.1, 0.15) is 10.6 Å². The molecule has 0 spiro atoms. The minimum atomic E-state index is -4.17. The lowest BCUT2D eigenvalue weighted by molar-refractivity contribution is -0.385. The van der Waals surface area contributed by atoms with Gasteiger partial charge in [0.15, 0.2) is 5.69 Å². The van der Waals surface area contributed by atoms with E-state index in [1.54, 1.807) is 45.0 Å². The molecule has 12 heteroatoms. The topological polar surface area (TPSA) is 145 Å². The SMILES string of the molecule is Cc1c(C(=O)NCC(C)C)nn(-c2ccccc2)c1Oc1ccc([N+](=O)[O-])cc1S(=O)(=O)NC(C)C. The van der Waals surface area contributed by atoms with E-state index in [9.17, 15) is 23.3 Å². The molecule has 36 heavy (non-hydrogen) atoms. The van der Waals surface area contributed by atoms with Gasteiger partial charge in [-0.25, -0.2) is 13.1 Å². The van der Waals surface area contributed by atoms with E-state index in [-0.39, 0.29) is 23.2 Å². The molecule has 1 aromatic heterocycles. The maximum atomic E-state index is 13.0. The molecule has 0 fully saturated rings. The molecule has 0 aliphatic heterocycles. The first-order valence-electron chi connectivity index (χ1n) is 11.3. The van der Waals surface area contributed by atoms with Crippen molar-refractivity contribution in [3.05, 3.63) is 69.9 Å². The minimum Gasteiger partial charge on any atom is -0.437 e. The number of nitro groups is 1. The molecule has 0 radical (unpaired) electrons. The highest BCUT2D eigenvalue weighted by Crippen LogP contribution is 2.35. The van der Waals surface area contributed by atoms with Crippen molar-refractivity contribution in [2.24, 2.45) is 5.92 Å². The summed E-state index contributed by atoms with van der Waals surface area (Å²) in [6.45, 7) is 9.27. The molecule has 0 aliphatic carbocycles. The van der Waals surface area contributed by atoms with E-state index in [0.717, 1.165) is 12.1 Å². The Morgan fingerprint density at radius 2 is 1.81 bits per heavy atom. The predicted molar refractivity (Wildman–Crippen MR) is 134 cm³/mol. The van der Waals surface area contributed by atoms with Gasteiger partial charge in [0.25, 0.3) is 11.6 Å². The Morgan fingerprint density at radius 3 is 2.39 bits per heavy atom. The molecule has 0 saturated heterocycles. The molecule has 0 aliphatic rings. The predicted octanol–water partition coefficient (Wildman–Crippen LogP) is 3.95. The fraction of sp³-hybridized carbons (Fsp3) is 0.333. The standard InChI is InChI=1S/C24H29N5O6S/c1-15(2)14-25-23(30)22-17(5)24(28(26-22)18-9-7-6-8-10-18)35-20-12-11-19(29(31)32)13-21(20)36(33,34)27-16(3)4/h6-13,15-16,27H,14H2,1-5H3,(H,25,30). The summed E-state index contributed by atoms with van der Waals surface area (Å²) in [7, 11) is -4.17. The van der Waals surface area contributed by atoms with E-state index in [0.29, 0.717) is 17.8 Å². The molecule has 0 unspecified atom stereocenters. The van der Waals surface area contributed by atoms with Gasteiger partial charge in [-0.05, 0) is 44.9 Å². The van der Waals surface area contributed by atoms with Gasteiger partial charge in [0.05, 0.1) is 10.6 Å². The van der Waals surface area contributed by atoms with E-state index in [4.69, 9.17) is 4.74 Å². The highest BCUT2D eigenvalue weighted by atomic mass is 32.2. The highest BCUT2D eigenvalue weighted by Gasteiger charge is 2.28.